The van der Waals surface area contributed by atoms with Gasteiger partial charge >= 0.3 is 0 Å². The van der Waals surface area contributed by atoms with E-state index in [0.29, 0.717) is 12.0 Å². The molecule has 1 aliphatic carbocycles. The molecule has 0 saturated heterocycles. The molecule has 0 fully saturated rings. The molecule has 3 N–H and O–H groups in total. The minimum Gasteiger partial charge on any atom is -0.271 e. The number of hydrogen-bond acceptors (Lipinski definition) is 2. The van der Waals surface area contributed by atoms with Gasteiger partial charge in [0, 0.05) is 6.04 Å². The molecule has 15 heavy (non-hydrogen) atoms. The maximum absolute atomic E-state index is 5.46. The summed E-state index contributed by atoms with van der Waals surface area (Å²) in [7, 11) is 0. The molecule has 1 aromatic rings. The van der Waals surface area contributed by atoms with Gasteiger partial charge in [0.25, 0.3) is 0 Å². The molecule has 0 saturated carbocycles. The van der Waals surface area contributed by atoms with Gasteiger partial charge in [-0.05, 0) is 49.7 Å². The van der Waals surface area contributed by atoms with Crippen molar-refractivity contribution in [1.82, 2.24) is 5.43 Å². The van der Waals surface area contributed by atoms with Crippen LogP contribution in [0, 0.1) is 0 Å². The van der Waals surface area contributed by atoms with Crippen molar-refractivity contribution in [2.75, 3.05) is 0 Å². The lowest BCUT2D eigenvalue weighted by Crippen LogP contribution is -2.34. The highest BCUT2D eigenvalue weighted by molar-refractivity contribution is 5.32. The summed E-state index contributed by atoms with van der Waals surface area (Å²) in [5.74, 6) is 6.15. The van der Waals surface area contributed by atoms with E-state index in [-0.39, 0.29) is 0 Å². The van der Waals surface area contributed by atoms with Crippen LogP contribution in [-0.2, 0) is 6.42 Å². The van der Waals surface area contributed by atoms with Crippen LogP contribution in [-0.4, -0.2) is 6.04 Å². The summed E-state index contributed by atoms with van der Waals surface area (Å²) in [4.78, 5) is 0. The predicted octanol–water partition coefficient (Wildman–Crippen LogP) is 2.35. The molecule has 1 aliphatic rings. The lowest BCUT2D eigenvalue weighted by molar-refractivity contribution is 0.436. The van der Waals surface area contributed by atoms with Crippen LogP contribution in [0.5, 0.6) is 0 Å². The summed E-state index contributed by atoms with van der Waals surface area (Å²) in [5, 5.41) is 0. The highest BCUT2D eigenvalue weighted by Crippen LogP contribution is 2.34. The zero-order valence-corrected chi connectivity index (χ0v) is 9.37. The van der Waals surface area contributed by atoms with Gasteiger partial charge in [-0.2, -0.15) is 0 Å². The Hall–Kier alpha value is -0.860. The maximum Gasteiger partial charge on any atom is 0.0188 e. The van der Waals surface area contributed by atoms with Crippen molar-refractivity contribution in [2.45, 2.75) is 44.6 Å². The van der Waals surface area contributed by atoms with E-state index >= 15 is 0 Å². The first-order valence-electron chi connectivity index (χ1n) is 5.85. The number of hydrogen-bond donors (Lipinski definition) is 2. The van der Waals surface area contributed by atoms with E-state index in [1.54, 1.807) is 5.56 Å². The van der Waals surface area contributed by atoms with Crippen molar-refractivity contribution >= 4 is 0 Å². The number of nitrogens with two attached hydrogens (primary N) is 1. The van der Waals surface area contributed by atoms with E-state index in [9.17, 15) is 0 Å². The lowest BCUT2D eigenvalue weighted by atomic mass is 9.80. The third kappa shape index (κ3) is 2.39. The minimum absolute atomic E-state index is 0.404. The molecule has 2 rings (SSSR count). The fourth-order valence-electron chi connectivity index (χ4n) is 2.59. The second kappa shape index (κ2) is 4.77. The van der Waals surface area contributed by atoms with Crippen LogP contribution >= 0.6 is 0 Å². The van der Waals surface area contributed by atoms with E-state index in [0.717, 1.165) is 6.42 Å². The average molecular weight is 204 g/mol. The number of fused-ring (bicyclic) bond motifs is 1. The summed E-state index contributed by atoms with van der Waals surface area (Å²) >= 11 is 0. The van der Waals surface area contributed by atoms with Crippen molar-refractivity contribution in [3.05, 3.63) is 35.4 Å². The second-order valence-corrected chi connectivity index (χ2v) is 4.59. The normalized spacial score (nSPS) is 22.1. The van der Waals surface area contributed by atoms with Gasteiger partial charge < -0.3 is 0 Å². The number of rotatable bonds is 3. The molecule has 0 heterocycles. The van der Waals surface area contributed by atoms with Crippen molar-refractivity contribution in [3.8, 4) is 0 Å². The van der Waals surface area contributed by atoms with Gasteiger partial charge in [-0.3, -0.25) is 11.3 Å². The summed E-state index contributed by atoms with van der Waals surface area (Å²) in [6.45, 7) is 2.15. The van der Waals surface area contributed by atoms with E-state index in [1.165, 1.54) is 24.8 Å². The Labute approximate surface area is 91.8 Å². The monoisotopic (exact) mass is 204 g/mol. The smallest absolute Gasteiger partial charge is 0.0188 e. The molecule has 0 bridgehead atoms. The van der Waals surface area contributed by atoms with Crippen molar-refractivity contribution in [1.29, 1.82) is 0 Å². The predicted molar refractivity (Wildman–Crippen MR) is 63.5 cm³/mol. The second-order valence-electron chi connectivity index (χ2n) is 4.59. The Bertz CT molecular complexity index is 322. The van der Waals surface area contributed by atoms with Crippen molar-refractivity contribution in [2.24, 2.45) is 5.84 Å². The van der Waals surface area contributed by atoms with Crippen molar-refractivity contribution in [3.63, 3.8) is 0 Å². The highest BCUT2D eigenvalue weighted by Gasteiger charge is 2.20. The van der Waals surface area contributed by atoms with Gasteiger partial charge in [0.15, 0.2) is 0 Å². The Morgan fingerprint density at radius 1 is 1.47 bits per heavy atom. The molecule has 2 heteroatoms. The maximum atomic E-state index is 5.46. The molecule has 2 unspecified atom stereocenters. The van der Waals surface area contributed by atoms with Crippen LogP contribution in [0.25, 0.3) is 0 Å². The molecule has 0 amide bonds. The minimum atomic E-state index is 0.404. The van der Waals surface area contributed by atoms with Crippen LogP contribution in [0.4, 0.5) is 0 Å². The molecule has 1 aromatic carbocycles. The third-order valence-corrected chi connectivity index (χ3v) is 3.42. The van der Waals surface area contributed by atoms with Crippen molar-refractivity contribution < 1.29 is 0 Å². The van der Waals surface area contributed by atoms with E-state index in [4.69, 9.17) is 5.84 Å². The van der Waals surface area contributed by atoms with Gasteiger partial charge in [-0.25, -0.2) is 0 Å². The Morgan fingerprint density at radius 3 is 3.07 bits per heavy atom. The average Bonchev–Trinajstić information content (AvgIpc) is 2.29. The highest BCUT2D eigenvalue weighted by atomic mass is 15.2. The SMILES string of the molecule is CC(CC1CCCc2ccccc21)NN. The van der Waals surface area contributed by atoms with Crippen LogP contribution < -0.4 is 11.3 Å². The number of nitrogens with one attached hydrogen (secondary N) is 1. The zero-order valence-electron chi connectivity index (χ0n) is 9.37. The Balaban J connectivity index is 2.15. The number of aryl methyl sites for hydroxylation is 1. The molecular formula is C13H20N2. The molecule has 2 atom stereocenters. The van der Waals surface area contributed by atoms with Crippen LogP contribution in [0.2, 0.25) is 0 Å². The Morgan fingerprint density at radius 2 is 2.27 bits per heavy atom. The van der Waals surface area contributed by atoms with Crippen LogP contribution in [0.15, 0.2) is 24.3 Å². The van der Waals surface area contributed by atoms with Crippen LogP contribution in [0.1, 0.15) is 43.2 Å². The fraction of sp³-hybridized carbons (Fsp3) is 0.538. The number of hydrazine groups is 1. The summed E-state index contributed by atoms with van der Waals surface area (Å²) in [6.07, 6.45) is 5.02. The topological polar surface area (TPSA) is 38.0 Å². The first kappa shape index (κ1) is 10.7. The summed E-state index contributed by atoms with van der Waals surface area (Å²) < 4.78 is 0. The lowest BCUT2D eigenvalue weighted by Gasteiger charge is -2.27. The Kier molecular flexibility index (Phi) is 3.39. The zero-order chi connectivity index (χ0) is 10.7. The van der Waals surface area contributed by atoms with Gasteiger partial charge in [0.2, 0.25) is 0 Å². The molecule has 0 aliphatic heterocycles. The quantitative estimate of drug-likeness (QED) is 0.586. The number of benzene rings is 1. The summed E-state index contributed by atoms with van der Waals surface area (Å²) in [6, 6.07) is 9.25. The fourth-order valence-corrected chi connectivity index (χ4v) is 2.59. The van der Waals surface area contributed by atoms with Gasteiger partial charge in [-0.1, -0.05) is 24.3 Å². The van der Waals surface area contributed by atoms with E-state index in [1.807, 2.05) is 0 Å². The molecule has 2 nitrogen and oxygen atoms in total. The van der Waals surface area contributed by atoms with Gasteiger partial charge in [-0.15, -0.1) is 0 Å². The van der Waals surface area contributed by atoms with Gasteiger partial charge in [0.1, 0.15) is 0 Å². The molecule has 82 valence electrons. The molecule has 0 radical (unpaired) electrons. The van der Waals surface area contributed by atoms with E-state index in [2.05, 4.69) is 36.6 Å². The largest absolute Gasteiger partial charge is 0.271 e. The van der Waals surface area contributed by atoms with Crippen LogP contribution in [0.3, 0.4) is 0 Å². The molecule has 0 aromatic heterocycles. The first-order valence-corrected chi connectivity index (χ1v) is 5.85. The third-order valence-electron chi connectivity index (χ3n) is 3.42. The standard InChI is InChI=1S/C13H20N2/c1-10(15-14)9-12-7-4-6-11-5-2-3-8-13(11)12/h2-3,5,8,10,12,15H,4,6-7,9,14H2,1H3. The molecular weight excluding hydrogens is 184 g/mol. The first-order chi connectivity index (χ1) is 7.31. The molecule has 0 spiro atoms. The van der Waals surface area contributed by atoms with Gasteiger partial charge in [0.05, 0.1) is 0 Å². The van der Waals surface area contributed by atoms with E-state index < -0.39 is 0 Å². The summed E-state index contributed by atoms with van der Waals surface area (Å²) in [5.41, 5.74) is 5.93.